The summed E-state index contributed by atoms with van der Waals surface area (Å²) >= 11 is 0. The fourth-order valence-corrected chi connectivity index (χ4v) is 1.42. The second-order valence-corrected chi connectivity index (χ2v) is 3.28. The van der Waals surface area contributed by atoms with E-state index in [2.05, 4.69) is 6.92 Å². The van der Waals surface area contributed by atoms with Crippen LogP contribution in [0.25, 0.3) is 0 Å². The van der Waals surface area contributed by atoms with E-state index >= 15 is 0 Å². The van der Waals surface area contributed by atoms with Gasteiger partial charge in [0.05, 0.1) is 13.3 Å². The predicted molar refractivity (Wildman–Crippen MR) is 56.4 cm³/mol. The molecule has 77 valence electrons. The van der Waals surface area contributed by atoms with Crippen LogP contribution in [0.4, 0.5) is 4.39 Å². The normalized spacial score (nSPS) is 12.6. The highest BCUT2D eigenvalue weighted by Gasteiger charge is 2.12. The van der Waals surface area contributed by atoms with E-state index in [4.69, 9.17) is 4.74 Å². The van der Waals surface area contributed by atoms with Crippen LogP contribution in [-0.4, -0.2) is 13.3 Å². The summed E-state index contributed by atoms with van der Waals surface area (Å²) in [7, 11) is 0. The standard InChI is InChI=1S/C12H16FO/c1-4-14-12-9(2)6-5-7-11(12)10(3)8-13/h5-7,10H,3-4,8H2,1-2H3. The third-order valence-corrected chi connectivity index (χ3v) is 2.16. The van der Waals surface area contributed by atoms with Gasteiger partial charge in [0.15, 0.2) is 0 Å². The second kappa shape index (κ2) is 4.99. The predicted octanol–water partition coefficient (Wildman–Crippen LogP) is 3.28. The first kappa shape index (κ1) is 11.0. The van der Waals surface area contributed by atoms with E-state index in [1.165, 1.54) is 0 Å². The largest absolute Gasteiger partial charge is 0.493 e. The second-order valence-electron chi connectivity index (χ2n) is 3.28. The Balaban J connectivity index is 3.07. The molecule has 1 nitrogen and oxygen atoms in total. The van der Waals surface area contributed by atoms with Gasteiger partial charge in [-0.3, -0.25) is 4.39 Å². The average Bonchev–Trinajstić information content (AvgIpc) is 2.20. The monoisotopic (exact) mass is 195 g/mol. The summed E-state index contributed by atoms with van der Waals surface area (Å²) in [6, 6.07) is 5.73. The van der Waals surface area contributed by atoms with Gasteiger partial charge >= 0.3 is 0 Å². The molecule has 1 aromatic rings. The summed E-state index contributed by atoms with van der Waals surface area (Å²) in [5.41, 5.74) is 1.89. The molecule has 0 aliphatic carbocycles. The minimum Gasteiger partial charge on any atom is -0.493 e. The van der Waals surface area contributed by atoms with Crippen molar-refractivity contribution < 1.29 is 9.13 Å². The molecule has 0 bridgehead atoms. The zero-order valence-electron chi connectivity index (χ0n) is 8.72. The van der Waals surface area contributed by atoms with E-state index in [-0.39, 0.29) is 5.92 Å². The number of hydrogen-bond donors (Lipinski definition) is 0. The summed E-state index contributed by atoms with van der Waals surface area (Å²) in [6.45, 7) is 7.77. The SMILES string of the molecule is [CH2]C(CF)c1cccc(C)c1OCC. The molecule has 0 aliphatic rings. The van der Waals surface area contributed by atoms with Crippen molar-refractivity contribution in [3.8, 4) is 5.75 Å². The van der Waals surface area contributed by atoms with E-state index in [9.17, 15) is 4.39 Å². The molecule has 0 aromatic heterocycles. The molecule has 2 heteroatoms. The van der Waals surface area contributed by atoms with Gasteiger partial charge in [0.25, 0.3) is 0 Å². The lowest BCUT2D eigenvalue weighted by Gasteiger charge is -2.15. The number of rotatable bonds is 4. The highest BCUT2D eigenvalue weighted by atomic mass is 19.1. The molecule has 1 unspecified atom stereocenters. The number of alkyl halides is 1. The Morgan fingerprint density at radius 3 is 2.79 bits per heavy atom. The van der Waals surface area contributed by atoms with Crippen LogP contribution in [0, 0.1) is 13.8 Å². The van der Waals surface area contributed by atoms with E-state index < -0.39 is 6.67 Å². The average molecular weight is 195 g/mol. The quantitative estimate of drug-likeness (QED) is 0.716. The van der Waals surface area contributed by atoms with Crippen LogP contribution < -0.4 is 4.74 Å². The van der Waals surface area contributed by atoms with Crippen LogP contribution in [0.5, 0.6) is 5.75 Å². The number of para-hydroxylation sites is 1. The van der Waals surface area contributed by atoms with Crippen molar-refractivity contribution >= 4 is 0 Å². The minimum absolute atomic E-state index is 0.337. The molecular formula is C12H16FO. The third-order valence-electron chi connectivity index (χ3n) is 2.16. The first-order valence-electron chi connectivity index (χ1n) is 4.82. The van der Waals surface area contributed by atoms with Crippen LogP contribution in [0.3, 0.4) is 0 Å². The van der Waals surface area contributed by atoms with Gasteiger partial charge in [-0.1, -0.05) is 18.2 Å². The Bertz CT molecular complexity index is 296. The number of benzene rings is 1. The Morgan fingerprint density at radius 1 is 1.50 bits per heavy atom. The van der Waals surface area contributed by atoms with E-state index in [1.54, 1.807) is 0 Å². The van der Waals surface area contributed by atoms with Crippen molar-refractivity contribution in [2.24, 2.45) is 0 Å². The molecule has 0 amide bonds. The number of hydrogen-bond acceptors (Lipinski definition) is 1. The van der Waals surface area contributed by atoms with Crippen molar-refractivity contribution in [2.75, 3.05) is 13.3 Å². The van der Waals surface area contributed by atoms with Crippen LogP contribution >= 0.6 is 0 Å². The topological polar surface area (TPSA) is 9.23 Å². The molecule has 0 saturated carbocycles. The molecule has 1 radical (unpaired) electrons. The maximum atomic E-state index is 12.5. The first-order chi connectivity index (χ1) is 6.70. The van der Waals surface area contributed by atoms with Gasteiger partial charge < -0.3 is 4.74 Å². The van der Waals surface area contributed by atoms with Crippen molar-refractivity contribution in [3.63, 3.8) is 0 Å². The Kier molecular flexibility index (Phi) is 3.93. The molecule has 0 aliphatic heterocycles. The van der Waals surface area contributed by atoms with Gasteiger partial charge in [0.1, 0.15) is 5.75 Å². The molecule has 14 heavy (non-hydrogen) atoms. The molecular weight excluding hydrogens is 179 g/mol. The lowest BCUT2D eigenvalue weighted by Crippen LogP contribution is -2.03. The third kappa shape index (κ3) is 2.25. The van der Waals surface area contributed by atoms with Crippen LogP contribution in [-0.2, 0) is 0 Å². The number of aryl methyl sites for hydroxylation is 1. The molecule has 1 atom stereocenters. The van der Waals surface area contributed by atoms with Crippen LogP contribution in [0.2, 0.25) is 0 Å². The van der Waals surface area contributed by atoms with Crippen molar-refractivity contribution in [1.29, 1.82) is 0 Å². The molecule has 0 heterocycles. The number of ether oxygens (including phenoxy) is 1. The lowest BCUT2D eigenvalue weighted by atomic mass is 9.99. The van der Waals surface area contributed by atoms with Crippen LogP contribution in [0.1, 0.15) is 24.0 Å². The van der Waals surface area contributed by atoms with Gasteiger partial charge in [0.2, 0.25) is 0 Å². The molecule has 0 spiro atoms. The zero-order chi connectivity index (χ0) is 10.6. The number of halogens is 1. The van der Waals surface area contributed by atoms with Gasteiger partial charge in [-0.2, -0.15) is 0 Å². The molecule has 0 N–H and O–H groups in total. The Hall–Kier alpha value is -1.05. The van der Waals surface area contributed by atoms with E-state index in [1.807, 2.05) is 32.0 Å². The highest BCUT2D eigenvalue weighted by Crippen LogP contribution is 2.29. The Labute approximate surface area is 84.9 Å². The summed E-state index contributed by atoms with van der Waals surface area (Å²) in [5.74, 6) is 0.448. The van der Waals surface area contributed by atoms with Gasteiger partial charge in [-0.05, 0) is 26.3 Å². The Morgan fingerprint density at radius 2 is 2.21 bits per heavy atom. The zero-order valence-corrected chi connectivity index (χ0v) is 8.72. The maximum absolute atomic E-state index is 12.5. The van der Waals surface area contributed by atoms with Crippen molar-refractivity contribution in [1.82, 2.24) is 0 Å². The molecule has 1 rings (SSSR count). The lowest BCUT2D eigenvalue weighted by molar-refractivity contribution is 0.330. The summed E-state index contributed by atoms with van der Waals surface area (Å²) < 4.78 is 18.0. The first-order valence-corrected chi connectivity index (χ1v) is 4.82. The minimum atomic E-state index is -0.455. The van der Waals surface area contributed by atoms with Gasteiger partial charge in [-0.25, -0.2) is 0 Å². The molecule has 0 fully saturated rings. The summed E-state index contributed by atoms with van der Waals surface area (Å²) in [5, 5.41) is 0. The van der Waals surface area contributed by atoms with Crippen molar-refractivity contribution in [2.45, 2.75) is 19.8 Å². The van der Waals surface area contributed by atoms with E-state index in [0.29, 0.717) is 6.61 Å². The fraction of sp³-hybridized carbons (Fsp3) is 0.417. The van der Waals surface area contributed by atoms with E-state index in [0.717, 1.165) is 16.9 Å². The molecule has 0 saturated heterocycles. The highest BCUT2D eigenvalue weighted by molar-refractivity contribution is 5.43. The maximum Gasteiger partial charge on any atom is 0.125 e. The van der Waals surface area contributed by atoms with Gasteiger partial charge in [-0.15, -0.1) is 0 Å². The molecule has 1 aromatic carbocycles. The smallest absolute Gasteiger partial charge is 0.125 e. The summed E-state index contributed by atoms with van der Waals surface area (Å²) in [4.78, 5) is 0. The van der Waals surface area contributed by atoms with Crippen molar-refractivity contribution in [3.05, 3.63) is 36.2 Å². The summed E-state index contributed by atoms with van der Waals surface area (Å²) in [6.07, 6.45) is 0. The van der Waals surface area contributed by atoms with Crippen LogP contribution in [0.15, 0.2) is 18.2 Å². The van der Waals surface area contributed by atoms with Gasteiger partial charge in [0, 0.05) is 11.5 Å². The fourth-order valence-electron chi connectivity index (χ4n) is 1.42.